The van der Waals surface area contributed by atoms with Crippen LogP contribution in [0.4, 0.5) is 9.93 Å². The number of aliphatic carboxylic acids is 1. The number of carbonyl (C=O) groups is 2. The van der Waals surface area contributed by atoms with Gasteiger partial charge < -0.3 is 15.5 Å². The van der Waals surface area contributed by atoms with Gasteiger partial charge in [0.25, 0.3) is 0 Å². The minimum absolute atomic E-state index is 0.0527. The summed E-state index contributed by atoms with van der Waals surface area (Å²) >= 11 is 1.22. The third-order valence-electron chi connectivity index (χ3n) is 1.73. The van der Waals surface area contributed by atoms with Gasteiger partial charge in [-0.15, -0.1) is 10.2 Å². The fraction of sp³-hybridized carbons (Fsp3) is 0.500. The van der Waals surface area contributed by atoms with Gasteiger partial charge >= 0.3 is 12.0 Å². The molecule has 0 aliphatic rings. The molecule has 0 spiro atoms. The van der Waals surface area contributed by atoms with E-state index in [4.69, 9.17) is 10.2 Å². The molecule has 0 aliphatic heterocycles. The Kier molecular flexibility index (Phi) is 4.79. The smallest absolute Gasteiger partial charge is 0.332 e. The zero-order chi connectivity index (χ0) is 12.8. The number of hydrogen-bond donors (Lipinski definition) is 4. The van der Waals surface area contributed by atoms with Crippen LogP contribution < -0.4 is 10.6 Å². The molecule has 1 aromatic heterocycles. The van der Waals surface area contributed by atoms with E-state index in [9.17, 15) is 9.59 Å². The molecule has 1 rings (SSSR count). The van der Waals surface area contributed by atoms with Crippen LogP contribution in [-0.4, -0.2) is 45.1 Å². The molecule has 0 saturated carbocycles. The molecule has 0 unspecified atom stereocenters. The van der Waals surface area contributed by atoms with Crippen LogP contribution in [0.1, 0.15) is 11.4 Å². The molecule has 0 saturated heterocycles. The van der Waals surface area contributed by atoms with Crippen molar-refractivity contribution in [2.45, 2.75) is 19.4 Å². The minimum atomic E-state index is -1.47. The number of aromatic nitrogens is 2. The fourth-order valence-corrected chi connectivity index (χ4v) is 1.52. The van der Waals surface area contributed by atoms with Crippen LogP contribution in [0.3, 0.4) is 0 Å². The number of carbonyl (C=O) groups excluding carboxylic acids is 1. The molecular formula is C8H12N4O4S. The van der Waals surface area contributed by atoms with Crippen LogP contribution in [-0.2, 0) is 4.79 Å². The largest absolute Gasteiger partial charge is 0.479 e. The van der Waals surface area contributed by atoms with Gasteiger partial charge in [0.1, 0.15) is 5.01 Å². The van der Waals surface area contributed by atoms with Crippen molar-refractivity contribution in [1.29, 1.82) is 0 Å². The van der Waals surface area contributed by atoms with Gasteiger partial charge in [0, 0.05) is 13.0 Å². The first-order chi connectivity index (χ1) is 7.99. The standard InChI is InChI=1S/C8H12N4O4S/c1-4-11-12-8(17-4)10-7(16)9-3-2-5(13)6(14)15/h5,13H,2-3H2,1H3,(H,14,15)(H2,9,10,12,16)/t5-/m0/s1. The first-order valence-electron chi connectivity index (χ1n) is 4.75. The van der Waals surface area contributed by atoms with Crippen LogP contribution in [0.15, 0.2) is 0 Å². The van der Waals surface area contributed by atoms with Gasteiger partial charge in [-0.3, -0.25) is 5.32 Å². The molecule has 0 radical (unpaired) electrons. The lowest BCUT2D eigenvalue weighted by Gasteiger charge is -2.06. The molecule has 1 heterocycles. The van der Waals surface area contributed by atoms with Crippen LogP contribution in [0.5, 0.6) is 0 Å². The molecule has 0 aromatic carbocycles. The second kappa shape index (κ2) is 6.11. The van der Waals surface area contributed by atoms with E-state index in [0.29, 0.717) is 5.13 Å². The van der Waals surface area contributed by atoms with E-state index in [-0.39, 0.29) is 13.0 Å². The predicted octanol–water partition coefficient (Wildman–Crippen LogP) is -0.196. The lowest BCUT2D eigenvalue weighted by Crippen LogP contribution is -2.33. The first-order valence-corrected chi connectivity index (χ1v) is 5.56. The SMILES string of the molecule is Cc1nnc(NC(=O)NCC[C@H](O)C(=O)O)s1. The number of aliphatic hydroxyl groups is 1. The summed E-state index contributed by atoms with van der Waals surface area (Å²) in [4.78, 5) is 21.5. The summed E-state index contributed by atoms with van der Waals surface area (Å²) in [5.74, 6) is -1.31. The molecule has 8 nitrogen and oxygen atoms in total. The van der Waals surface area contributed by atoms with E-state index < -0.39 is 18.1 Å². The van der Waals surface area contributed by atoms with Crippen molar-refractivity contribution in [3.05, 3.63) is 5.01 Å². The monoisotopic (exact) mass is 260 g/mol. The number of aliphatic hydroxyl groups excluding tert-OH is 1. The number of anilines is 1. The van der Waals surface area contributed by atoms with E-state index >= 15 is 0 Å². The van der Waals surface area contributed by atoms with Crippen molar-refractivity contribution in [1.82, 2.24) is 15.5 Å². The molecule has 0 aliphatic carbocycles. The number of carboxylic acid groups (broad SMARTS) is 1. The van der Waals surface area contributed by atoms with Crippen molar-refractivity contribution in [3.8, 4) is 0 Å². The fourth-order valence-electron chi connectivity index (χ4n) is 0.934. The highest BCUT2D eigenvalue weighted by molar-refractivity contribution is 7.15. The van der Waals surface area contributed by atoms with Gasteiger partial charge in [0.05, 0.1) is 0 Å². The summed E-state index contributed by atoms with van der Waals surface area (Å²) in [7, 11) is 0. The Labute approximate surface area is 101 Å². The number of carboxylic acids is 1. The summed E-state index contributed by atoms with van der Waals surface area (Å²) < 4.78 is 0. The Balaban J connectivity index is 2.24. The maximum atomic E-state index is 11.3. The average molecular weight is 260 g/mol. The van der Waals surface area contributed by atoms with Gasteiger partial charge in [0.2, 0.25) is 5.13 Å². The van der Waals surface area contributed by atoms with Crippen LogP contribution in [0.25, 0.3) is 0 Å². The number of nitrogens with zero attached hydrogens (tertiary/aromatic N) is 2. The van der Waals surface area contributed by atoms with E-state index in [1.807, 2.05) is 0 Å². The normalized spacial score (nSPS) is 11.9. The molecule has 0 bridgehead atoms. The minimum Gasteiger partial charge on any atom is -0.479 e. The number of rotatable bonds is 5. The summed E-state index contributed by atoms with van der Waals surface area (Å²) in [5.41, 5.74) is 0. The zero-order valence-electron chi connectivity index (χ0n) is 9.01. The van der Waals surface area contributed by atoms with Gasteiger partial charge in [-0.05, 0) is 6.92 Å². The Bertz CT molecular complexity index is 408. The Morgan fingerprint density at radius 3 is 2.71 bits per heavy atom. The van der Waals surface area contributed by atoms with Crippen LogP contribution in [0.2, 0.25) is 0 Å². The topological polar surface area (TPSA) is 124 Å². The number of urea groups is 1. The highest BCUT2D eigenvalue weighted by Gasteiger charge is 2.13. The molecule has 1 aromatic rings. The van der Waals surface area contributed by atoms with Crippen molar-refractivity contribution in [2.24, 2.45) is 0 Å². The second-order valence-electron chi connectivity index (χ2n) is 3.15. The van der Waals surface area contributed by atoms with Crippen LogP contribution >= 0.6 is 11.3 Å². The summed E-state index contributed by atoms with van der Waals surface area (Å²) in [5, 5.41) is 30.6. The molecular weight excluding hydrogens is 248 g/mol. The van der Waals surface area contributed by atoms with E-state index in [0.717, 1.165) is 5.01 Å². The van der Waals surface area contributed by atoms with Gasteiger partial charge in [0.15, 0.2) is 6.10 Å². The maximum Gasteiger partial charge on any atom is 0.332 e. The Morgan fingerprint density at radius 2 is 2.18 bits per heavy atom. The van der Waals surface area contributed by atoms with Crippen molar-refractivity contribution in [3.63, 3.8) is 0 Å². The number of nitrogens with one attached hydrogen (secondary N) is 2. The molecule has 4 N–H and O–H groups in total. The van der Waals surface area contributed by atoms with Gasteiger partial charge in [-0.1, -0.05) is 11.3 Å². The lowest BCUT2D eigenvalue weighted by atomic mass is 10.2. The quantitative estimate of drug-likeness (QED) is 0.581. The summed E-state index contributed by atoms with van der Waals surface area (Å²) in [6, 6.07) is -0.515. The number of amides is 2. The van der Waals surface area contributed by atoms with Crippen molar-refractivity contribution >= 4 is 28.5 Å². The highest BCUT2D eigenvalue weighted by Crippen LogP contribution is 2.12. The molecule has 0 fully saturated rings. The predicted molar refractivity (Wildman–Crippen MR) is 59.9 cm³/mol. The Hall–Kier alpha value is -1.74. The maximum absolute atomic E-state index is 11.3. The molecule has 2 amide bonds. The van der Waals surface area contributed by atoms with E-state index in [1.165, 1.54) is 11.3 Å². The van der Waals surface area contributed by atoms with Crippen molar-refractivity contribution in [2.75, 3.05) is 11.9 Å². The molecule has 9 heteroatoms. The van der Waals surface area contributed by atoms with Gasteiger partial charge in [-0.25, -0.2) is 9.59 Å². The third kappa shape index (κ3) is 4.74. The van der Waals surface area contributed by atoms with Crippen LogP contribution in [0, 0.1) is 6.92 Å². The average Bonchev–Trinajstić information content (AvgIpc) is 2.63. The number of aryl methyl sites for hydroxylation is 1. The van der Waals surface area contributed by atoms with E-state index in [2.05, 4.69) is 20.8 Å². The van der Waals surface area contributed by atoms with E-state index in [1.54, 1.807) is 6.92 Å². The summed E-state index contributed by atoms with van der Waals surface area (Å²) in [6.07, 6.45) is -1.53. The van der Waals surface area contributed by atoms with Gasteiger partial charge in [-0.2, -0.15) is 0 Å². The van der Waals surface area contributed by atoms with Crippen molar-refractivity contribution < 1.29 is 19.8 Å². The molecule has 94 valence electrons. The lowest BCUT2D eigenvalue weighted by molar-refractivity contribution is -0.146. The second-order valence-corrected chi connectivity index (χ2v) is 4.33. The number of hydrogen-bond acceptors (Lipinski definition) is 6. The zero-order valence-corrected chi connectivity index (χ0v) is 9.82. The third-order valence-corrected chi connectivity index (χ3v) is 2.49. The Morgan fingerprint density at radius 1 is 1.47 bits per heavy atom. The highest BCUT2D eigenvalue weighted by atomic mass is 32.1. The summed E-state index contributed by atoms with van der Waals surface area (Å²) in [6.45, 7) is 1.81. The molecule has 1 atom stereocenters. The molecule has 17 heavy (non-hydrogen) atoms. The first kappa shape index (κ1) is 13.3.